The van der Waals surface area contributed by atoms with E-state index < -0.39 is 111 Å². The van der Waals surface area contributed by atoms with Gasteiger partial charge < -0.3 is 66.3 Å². The third-order valence-corrected chi connectivity index (χ3v) is 8.21. The predicted molar refractivity (Wildman–Crippen MR) is 157 cm³/mol. The summed E-state index contributed by atoms with van der Waals surface area (Å²) in [5.74, 6) is -1.92. The molecule has 262 valence electrons. The van der Waals surface area contributed by atoms with Gasteiger partial charge in [-0.15, -0.1) is 0 Å². The quantitative estimate of drug-likeness (QED) is 0.0626. The first kappa shape index (κ1) is 39.3. The maximum Gasteiger partial charge on any atom is 0.237 e. The van der Waals surface area contributed by atoms with Gasteiger partial charge in [0.25, 0.3) is 0 Å². The van der Waals surface area contributed by atoms with E-state index in [9.17, 15) is 50.1 Å². The molecule has 2 saturated heterocycles. The van der Waals surface area contributed by atoms with Crippen molar-refractivity contribution in [2.45, 2.75) is 151 Å². The van der Waals surface area contributed by atoms with E-state index in [4.69, 9.17) is 19.9 Å². The molecule has 16 heteroatoms. The summed E-state index contributed by atoms with van der Waals surface area (Å²) in [7, 11) is 0. The molecule has 2 rings (SSSR count). The summed E-state index contributed by atoms with van der Waals surface area (Å²) in [6, 6.07) is -2.08. The molecule has 45 heavy (non-hydrogen) atoms. The largest absolute Gasteiger partial charge is 0.394 e. The molecule has 0 aromatic heterocycles. The van der Waals surface area contributed by atoms with Crippen LogP contribution in [0, 0.1) is 0 Å². The lowest BCUT2D eigenvalue weighted by molar-refractivity contribution is -0.343. The van der Waals surface area contributed by atoms with E-state index in [1.807, 2.05) is 0 Å². The highest BCUT2D eigenvalue weighted by atomic mass is 16.7. The van der Waals surface area contributed by atoms with Crippen LogP contribution in [0.25, 0.3) is 0 Å². The van der Waals surface area contributed by atoms with E-state index in [1.54, 1.807) is 0 Å². The number of ether oxygens (including phenoxy) is 3. The monoisotopic (exact) mass is 651 g/mol. The second-order valence-electron chi connectivity index (χ2n) is 11.9. The maximum atomic E-state index is 12.8. The molecule has 2 heterocycles. The van der Waals surface area contributed by atoms with Crippen LogP contribution in [0.5, 0.6) is 0 Å². The molecule has 0 bridgehead atoms. The van der Waals surface area contributed by atoms with Gasteiger partial charge in [-0.2, -0.15) is 0 Å². The number of unbranched alkanes of at least 4 members (excludes halogenated alkanes) is 7. The Kier molecular flexibility index (Phi) is 17.3. The number of aliphatic hydroxyl groups excluding tert-OH is 7. The number of carbonyl (C=O) groups excluding carboxylic acids is 3. The third-order valence-electron chi connectivity index (χ3n) is 8.21. The number of rotatable bonds is 19. The molecule has 2 fully saturated rings. The van der Waals surface area contributed by atoms with E-state index in [-0.39, 0.29) is 0 Å². The van der Waals surface area contributed by atoms with Crippen molar-refractivity contribution in [1.82, 2.24) is 10.6 Å². The minimum Gasteiger partial charge on any atom is -0.394 e. The predicted octanol–water partition coefficient (Wildman–Crippen LogP) is -2.95. The molecule has 2 amide bonds. The second-order valence-corrected chi connectivity index (χ2v) is 11.9. The van der Waals surface area contributed by atoms with Crippen molar-refractivity contribution in [3.8, 4) is 0 Å². The van der Waals surface area contributed by atoms with Gasteiger partial charge in [-0.25, -0.2) is 0 Å². The van der Waals surface area contributed by atoms with Crippen LogP contribution in [-0.4, -0.2) is 140 Å². The molecule has 2 aliphatic rings. The number of nitrogens with two attached hydrogens (primary N) is 1. The second kappa shape index (κ2) is 19.7. The van der Waals surface area contributed by atoms with Crippen molar-refractivity contribution in [3.63, 3.8) is 0 Å². The number of hydrogen-bond acceptors (Lipinski definition) is 14. The summed E-state index contributed by atoms with van der Waals surface area (Å²) < 4.78 is 16.3. The smallest absolute Gasteiger partial charge is 0.237 e. The van der Waals surface area contributed by atoms with Crippen LogP contribution >= 0.6 is 0 Å². The zero-order valence-electron chi connectivity index (χ0n) is 26.1. The number of hydrogen-bond donors (Lipinski definition) is 10. The van der Waals surface area contributed by atoms with Crippen LogP contribution in [0.2, 0.25) is 0 Å². The third kappa shape index (κ3) is 11.7. The van der Waals surface area contributed by atoms with Crippen LogP contribution in [0.1, 0.15) is 78.1 Å². The molecule has 0 radical (unpaired) electrons. The van der Waals surface area contributed by atoms with E-state index in [0.29, 0.717) is 6.42 Å². The summed E-state index contributed by atoms with van der Waals surface area (Å²) in [5, 5.41) is 75.6. The van der Waals surface area contributed by atoms with Gasteiger partial charge in [-0.1, -0.05) is 58.3 Å². The first-order valence-electron chi connectivity index (χ1n) is 15.8. The van der Waals surface area contributed by atoms with Crippen LogP contribution in [0.15, 0.2) is 0 Å². The molecule has 11 N–H and O–H groups in total. The van der Waals surface area contributed by atoms with Crippen molar-refractivity contribution < 1.29 is 64.3 Å². The zero-order chi connectivity index (χ0) is 33.7. The average molecular weight is 652 g/mol. The molecule has 0 aromatic rings. The van der Waals surface area contributed by atoms with Crippen molar-refractivity contribution in [2.75, 3.05) is 13.2 Å². The van der Waals surface area contributed by atoms with Gasteiger partial charge >= 0.3 is 0 Å². The van der Waals surface area contributed by atoms with Gasteiger partial charge in [-0.05, 0) is 13.3 Å². The number of ketones is 1. The highest BCUT2D eigenvalue weighted by Gasteiger charge is 2.50. The summed E-state index contributed by atoms with van der Waals surface area (Å²) in [4.78, 5) is 37.6. The van der Waals surface area contributed by atoms with E-state index in [1.165, 1.54) is 32.6 Å². The Bertz CT molecular complexity index is 911. The Labute approximate surface area is 263 Å². The van der Waals surface area contributed by atoms with Crippen molar-refractivity contribution in [2.24, 2.45) is 5.73 Å². The van der Waals surface area contributed by atoms with Gasteiger partial charge in [-0.3, -0.25) is 14.4 Å². The van der Waals surface area contributed by atoms with Crippen LogP contribution in [-0.2, 0) is 28.6 Å². The topological polar surface area (TPSA) is 271 Å². The number of Topliss-reactive ketones (excluding diaryl/α,β-unsaturated/α-hetero) is 1. The minimum absolute atomic E-state index is 0.423. The molecule has 2 aliphatic heterocycles. The fraction of sp³-hybridized carbons (Fsp3) is 0.897. The van der Waals surface area contributed by atoms with Crippen LogP contribution < -0.4 is 16.4 Å². The SMILES string of the molecule is CCCCCCCCCCC(N)C(=O)NC(CC(=O)N[C@@H]1OC(CO)[C@@H](O[C@@H]2OC(CO)[C@@H](O)C(O)[C@@H]2O)[C@H](O)C1O)C(C)=O. The summed E-state index contributed by atoms with van der Waals surface area (Å²) in [6.07, 6.45) is -7.88. The Hall–Kier alpha value is -1.83. The molecule has 0 saturated carbocycles. The number of carbonyl (C=O) groups is 3. The molecule has 12 atom stereocenters. The van der Waals surface area contributed by atoms with Crippen molar-refractivity contribution in [1.29, 1.82) is 0 Å². The van der Waals surface area contributed by atoms with Gasteiger partial charge in [0, 0.05) is 0 Å². The number of aliphatic hydroxyl groups is 7. The first-order valence-corrected chi connectivity index (χ1v) is 15.8. The molecule has 0 aliphatic carbocycles. The molecule has 16 nitrogen and oxygen atoms in total. The summed E-state index contributed by atoms with van der Waals surface area (Å²) >= 11 is 0. The average Bonchev–Trinajstić information content (AvgIpc) is 3.01. The molecular formula is C29H53N3O13. The van der Waals surface area contributed by atoms with Crippen LogP contribution in [0.3, 0.4) is 0 Å². The molecule has 0 spiro atoms. The van der Waals surface area contributed by atoms with Crippen molar-refractivity contribution in [3.05, 3.63) is 0 Å². The fourth-order valence-electron chi connectivity index (χ4n) is 5.32. The molecule has 0 aromatic carbocycles. The van der Waals surface area contributed by atoms with Gasteiger partial charge in [0.2, 0.25) is 11.8 Å². The van der Waals surface area contributed by atoms with E-state index in [2.05, 4.69) is 17.6 Å². The van der Waals surface area contributed by atoms with E-state index in [0.717, 1.165) is 25.7 Å². The Morgan fingerprint density at radius 3 is 1.98 bits per heavy atom. The lowest BCUT2D eigenvalue weighted by Crippen LogP contribution is -2.66. The summed E-state index contributed by atoms with van der Waals surface area (Å²) in [6.45, 7) is 1.83. The van der Waals surface area contributed by atoms with E-state index >= 15 is 0 Å². The highest BCUT2D eigenvalue weighted by Crippen LogP contribution is 2.28. The summed E-state index contributed by atoms with van der Waals surface area (Å²) in [5.41, 5.74) is 6.01. The van der Waals surface area contributed by atoms with Gasteiger partial charge in [0.15, 0.2) is 18.3 Å². The molecular weight excluding hydrogens is 598 g/mol. The Balaban J connectivity index is 1.89. The van der Waals surface area contributed by atoms with Crippen LogP contribution in [0.4, 0.5) is 0 Å². The lowest BCUT2D eigenvalue weighted by Gasteiger charge is -2.46. The molecule has 6 unspecified atom stereocenters. The van der Waals surface area contributed by atoms with Crippen molar-refractivity contribution >= 4 is 17.6 Å². The highest BCUT2D eigenvalue weighted by molar-refractivity contribution is 5.93. The lowest BCUT2D eigenvalue weighted by atomic mass is 9.96. The zero-order valence-corrected chi connectivity index (χ0v) is 26.1. The number of amides is 2. The Morgan fingerprint density at radius 2 is 1.40 bits per heavy atom. The Morgan fingerprint density at radius 1 is 0.800 bits per heavy atom. The number of nitrogens with one attached hydrogen (secondary N) is 2. The first-order chi connectivity index (χ1) is 21.4. The minimum atomic E-state index is -1.84. The van der Waals surface area contributed by atoms with Gasteiger partial charge in [0.05, 0.1) is 31.7 Å². The normalized spacial score (nSPS) is 33.3. The van der Waals surface area contributed by atoms with Gasteiger partial charge in [0.1, 0.15) is 48.8 Å². The standard InChI is InChI=1S/C29H53N3O13/c1-3-4-5-6-7-8-9-10-11-16(30)27(42)31-17(15(2)35)12-20(36)32-28-24(40)23(39)26(19(14-34)43-28)45-29-25(41)22(38)21(37)18(13-33)44-29/h16-19,21-26,28-29,33-34,37-41H,3-14,30H2,1-2H3,(H,31,42)(H,32,36)/t16?,17?,18?,19?,21-,22?,23-,24?,25+,26-,28-,29+/m1/s1. The maximum absolute atomic E-state index is 12.8. The fourth-order valence-corrected chi connectivity index (χ4v) is 5.32.